The molecule has 0 spiro atoms. The zero-order chi connectivity index (χ0) is 12.7. The number of nitrogens with zero attached hydrogens (tertiary/aromatic N) is 4. The summed E-state index contributed by atoms with van der Waals surface area (Å²) in [5, 5.41) is 0.938. The van der Waals surface area contributed by atoms with Gasteiger partial charge in [-0.3, -0.25) is 0 Å². The third-order valence-corrected chi connectivity index (χ3v) is 4.21. The van der Waals surface area contributed by atoms with Crippen LogP contribution in [0.5, 0.6) is 0 Å². The number of nitrogen functional groups attached to an aromatic ring is 1. The van der Waals surface area contributed by atoms with Crippen LogP contribution in [0.3, 0.4) is 0 Å². The van der Waals surface area contributed by atoms with Crippen LogP contribution in [0.2, 0.25) is 0 Å². The normalized spacial score (nSPS) is 15.7. The Morgan fingerprint density at radius 1 is 1.39 bits per heavy atom. The lowest BCUT2D eigenvalue weighted by molar-refractivity contribution is 0.314. The van der Waals surface area contributed by atoms with E-state index in [2.05, 4.69) is 26.9 Å². The van der Waals surface area contributed by atoms with E-state index in [0.29, 0.717) is 11.6 Å². The van der Waals surface area contributed by atoms with E-state index in [1.54, 1.807) is 17.5 Å². The number of hydrogen-bond acceptors (Lipinski definition) is 6. The Hall–Kier alpha value is -1.53. The van der Waals surface area contributed by atoms with Crippen LogP contribution in [0.4, 0.5) is 5.82 Å². The van der Waals surface area contributed by atoms with Crippen LogP contribution in [0, 0.1) is 6.92 Å². The van der Waals surface area contributed by atoms with Gasteiger partial charge in [0.15, 0.2) is 0 Å². The molecule has 0 unspecified atom stereocenters. The fourth-order valence-corrected chi connectivity index (χ4v) is 3.30. The summed E-state index contributed by atoms with van der Waals surface area (Å²) in [6, 6.07) is 0. The van der Waals surface area contributed by atoms with E-state index >= 15 is 0 Å². The highest BCUT2D eigenvalue weighted by atomic mass is 32.1. The van der Waals surface area contributed by atoms with Crippen molar-refractivity contribution in [1.82, 2.24) is 19.9 Å². The number of aromatic nitrogens is 3. The maximum atomic E-state index is 5.94. The number of rotatable bonds is 1. The first-order valence-electron chi connectivity index (χ1n) is 5.90. The van der Waals surface area contributed by atoms with E-state index in [9.17, 15) is 0 Å². The molecule has 94 valence electrons. The average molecular weight is 261 g/mol. The molecule has 0 bridgehead atoms. The standard InChI is InChI=1S/C12H15N5S/c1-7-14-5-8(11(13)15-7)12-16-9-3-4-17(2)6-10(9)18-12/h5H,3-4,6H2,1-2H3,(H2,13,14,15). The highest BCUT2D eigenvalue weighted by molar-refractivity contribution is 7.15. The molecular weight excluding hydrogens is 246 g/mol. The van der Waals surface area contributed by atoms with Crippen molar-refractivity contribution < 1.29 is 0 Å². The SMILES string of the molecule is Cc1ncc(-c2nc3c(s2)CN(C)CC3)c(N)n1. The van der Waals surface area contributed by atoms with E-state index in [-0.39, 0.29) is 0 Å². The van der Waals surface area contributed by atoms with Gasteiger partial charge < -0.3 is 10.6 Å². The van der Waals surface area contributed by atoms with Crippen LogP contribution >= 0.6 is 11.3 Å². The Labute approximate surface area is 110 Å². The molecule has 3 heterocycles. The Bertz CT molecular complexity index is 592. The number of likely N-dealkylation sites (N-methyl/N-ethyl adjacent to an activating group) is 1. The van der Waals surface area contributed by atoms with Gasteiger partial charge in [-0.05, 0) is 14.0 Å². The molecule has 0 atom stereocenters. The molecule has 0 fully saturated rings. The van der Waals surface area contributed by atoms with Gasteiger partial charge in [-0.25, -0.2) is 15.0 Å². The molecule has 3 rings (SSSR count). The van der Waals surface area contributed by atoms with Crippen molar-refractivity contribution in [3.05, 3.63) is 22.6 Å². The lowest BCUT2D eigenvalue weighted by Gasteiger charge is -2.20. The zero-order valence-corrected chi connectivity index (χ0v) is 11.3. The molecule has 5 nitrogen and oxygen atoms in total. The van der Waals surface area contributed by atoms with Gasteiger partial charge in [0.05, 0.1) is 11.3 Å². The molecule has 2 aromatic rings. The summed E-state index contributed by atoms with van der Waals surface area (Å²) in [4.78, 5) is 16.7. The summed E-state index contributed by atoms with van der Waals surface area (Å²) in [5.74, 6) is 1.21. The minimum atomic E-state index is 0.516. The second-order valence-electron chi connectivity index (χ2n) is 4.59. The molecule has 0 amide bonds. The van der Waals surface area contributed by atoms with E-state index in [1.807, 2.05) is 6.92 Å². The smallest absolute Gasteiger partial charge is 0.137 e. The monoisotopic (exact) mass is 261 g/mol. The molecule has 0 radical (unpaired) electrons. The molecule has 18 heavy (non-hydrogen) atoms. The summed E-state index contributed by atoms with van der Waals surface area (Å²) in [6.07, 6.45) is 2.78. The Morgan fingerprint density at radius 3 is 3.00 bits per heavy atom. The summed E-state index contributed by atoms with van der Waals surface area (Å²) in [6.45, 7) is 3.87. The highest BCUT2D eigenvalue weighted by Crippen LogP contribution is 2.33. The van der Waals surface area contributed by atoms with Gasteiger partial charge in [0.1, 0.15) is 16.6 Å². The number of anilines is 1. The van der Waals surface area contributed by atoms with Crippen molar-refractivity contribution in [3.8, 4) is 10.6 Å². The minimum absolute atomic E-state index is 0.516. The molecule has 6 heteroatoms. The highest BCUT2D eigenvalue weighted by Gasteiger charge is 2.20. The van der Waals surface area contributed by atoms with Crippen LogP contribution in [-0.2, 0) is 13.0 Å². The van der Waals surface area contributed by atoms with Crippen LogP contribution in [0.15, 0.2) is 6.20 Å². The molecular formula is C12H15N5S. The molecule has 0 saturated carbocycles. The van der Waals surface area contributed by atoms with Crippen molar-refractivity contribution in [2.75, 3.05) is 19.3 Å². The van der Waals surface area contributed by atoms with Crippen molar-refractivity contribution >= 4 is 17.2 Å². The first kappa shape index (κ1) is 11.6. The number of fused-ring (bicyclic) bond motifs is 1. The second kappa shape index (κ2) is 4.29. The topological polar surface area (TPSA) is 67.9 Å². The van der Waals surface area contributed by atoms with Crippen LogP contribution in [-0.4, -0.2) is 33.4 Å². The summed E-state index contributed by atoms with van der Waals surface area (Å²) < 4.78 is 0. The van der Waals surface area contributed by atoms with E-state index in [4.69, 9.17) is 5.73 Å². The predicted octanol–water partition coefficient (Wildman–Crippen LogP) is 1.48. The maximum absolute atomic E-state index is 5.94. The Balaban J connectivity index is 2.02. The average Bonchev–Trinajstić information content (AvgIpc) is 2.71. The van der Waals surface area contributed by atoms with E-state index < -0.39 is 0 Å². The Kier molecular flexibility index (Phi) is 2.76. The van der Waals surface area contributed by atoms with E-state index in [0.717, 1.165) is 30.1 Å². The van der Waals surface area contributed by atoms with Crippen molar-refractivity contribution in [3.63, 3.8) is 0 Å². The fraction of sp³-hybridized carbons (Fsp3) is 0.417. The van der Waals surface area contributed by atoms with Crippen LogP contribution in [0.1, 0.15) is 16.4 Å². The fourth-order valence-electron chi connectivity index (χ4n) is 2.09. The first-order chi connectivity index (χ1) is 8.63. The molecule has 0 aromatic carbocycles. The third kappa shape index (κ3) is 1.97. The second-order valence-corrected chi connectivity index (χ2v) is 5.68. The predicted molar refractivity (Wildman–Crippen MR) is 72.3 cm³/mol. The van der Waals surface area contributed by atoms with Gasteiger partial charge in [-0.15, -0.1) is 11.3 Å². The number of thiazole rings is 1. The molecule has 1 aliphatic rings. The third-order valence-electron chi connectivity index (χ3n) is 3.09. The summed E-state index contributed by atoms with van der Waals surface area (Å²) in [7, 11) is 2.13. The zero-order valence-electron chi connectivity index (χ0n) is 10.5. The van der Waals surface area contributed by atoms with Crippen molar-refractivity contribution in [2.45, 2.75) is 19.9 Å². The largest absolute Gasteiger partial charge is 0.383 e. The van der Waals surface area contributed by atoms with Crippen molar-refractivity contribution in [1.29, 1.82) is 0 Å². The molecule has 0 saturated heterocycles. The summed E-state index contributed by atoms with van der Waals surface area (Å²) in [5.41, 5.74) is 8.00. The first-order valence-corrected chi connectivity index (χ1v) is 6.72. The molecule has 0 aliphatic carbocycles. The number of hydrogen-bond donors (Lipinski definition) is 1. The maximum Gasteiger partial charge on any atom is 0.137 e. The quantitative estimate of drug-likeness (QED) is 0.842. The molecule has 1 aliphatic heterocycles. The van der Waals surface area contributed by atoms with E-state index in [1.165, 1.54) is 10.6 Å². The number of nitrogens with two attached hydrogens (primary N) is 1. The minimum Gasteiger partial charge on any atom is -0.383 e. The van der Waals surface area contributed by atoms with Gasteiger partial charge in [0.2, 0.25) is 0 Å². The van der Waals surface area contributed by atoms with Crippen LogP contribution in [0.25, 0.3) is 10.6 Å². The van der Waals surface area contributed by atoms with Gasteiger partial charge in [0.25, 0.3) is 0 Å². The number of aryl methyl sites for hydroxylation is 1. The van der Waals surface area contributed by atoms with Crippen LogP contribution < -0.4 is 5.73 Å². The Morgan fingerprint density at radius 2 is 2.22 bits per heavy atom. The van der Waals surface area contributed by atoms with Gasteiger partial charge in [-0.2, -0.15) is 0 Å². The lowest BCUT2D eigenvalue weighted by atomic mass is 10.2. The van der Waals surface area contributed by atoms with Gasteiger partial charge in [0, 0.05) is 30.6 Å². The van der Waals surface area contributed by atoms with Gasteiger partial charge in [-0.1, -0.05) is 0 Å². The lowest BCUT2D eigenvalue weighted by Crippen LogP contribution is -2.25. The van der Waals surface area contributed by atoms with Gasteiger partial charge >= 0.3 is 0 Å². The summed E-state index contributed by atoms with van der Waals surface area (Å²) >= 11 is 1.70. The molecule has 2 aromatic heterocycles. The molecule has 2 N–H and O–H groups in total. The van der Waals surface area contributed by atoms with Crippen molar-refractivity contribution in [2.24, 2.45) is 0 Å².